The van der Waals surface area contributed by atoms with Crippen LogP contribution in [0.25, 0.3) is 0 Å². The summed E-state index contributed by atoms with van der Waals surface area (Å²) in [6, 6.07) is 1.77. The minimum Gasteiger partial charge on any atom is -0.300 e. The van der Waals surface area contributed by atoms with Gasteiger partial charge in [-0.25, -0.2) is 0 Å². The molecule has 51 valence electrons. The molecule has 0 aliphatic carbocycles. The quantitative estimate of drug-likeness (QED) is 0.472. The normalized spacial score (nSPS) is 43.7. The molecule has 2 heterocycles. The number of nitrogens with zero attached hydrogens (tertiary/aromatic N) is 1. The molecule has 1 heteroatoms. The Bertz CT molecular complexity index is 95.1. The van der Waals surface area contributed by atoms with Crippen molar-refractivity contribution in [1.82, 2.24) is 4.90 Å². The van der Waals surface area contributed by atoms with E-state index < -0.39 is 0 Å². The van der Waals surface area contributed by atoms with Crippen LogP contribution < -0.4 is 0 Å². The van der Waals surface area contributed by atoms with Crippen LogP contribution in [0.5, 0.6) is 0 Å². The van der Waals surface area contributed by atoms with E-state index >= 15 is 0 Å². The predicted octanol–water partition coefficient (Wildman–Crippen LogP) is 1.45. The molecule has 9 heavy (non-hydrogen) atoms. The van der Waals surface area contributed by atoms with Crippen LogP contribution in [-0.2, 0) is 0 Å². The van der Waals surface area contributed by atoms with Crippen molar-refractivity contribution >= 4 is 0 Å². The molecule has 2 saturated heterocycles. The maximum atomic E-state index is 2.53. The molecule has 1 nitrogen and oxygen atoms in total. The summed E-state index contributed by atoms with van der Waals surface area (Å²) in [7, 11) is 2.26. The van der Waals surface area contributed by atoms with Crippen LogP contribution >= 0.6 is 0 Å². The zero-order chi connectivity index (χ0) is 6.27. The zero-order valence-corrected chi connectivity index (χ0v) is 6.01. The molecule has 2 aliphatic rings. The molecule has 0 aromatic carbocycles. The number of hydrogen-bond acceptors (Lipinski definition) is 1. The highest BCUT2D eigenvalue weighted by atomic mass is 15.2. The third kappa shape index (κ3) is 0.787. The van der Waals surface area contributed by atoms with Crippen LogP contribution in [0.3, 0.4) is 0 Å². The minimum absolute atomic E-state index is 0.837. The topological polar surface area (TPSA) is 3.24 Å². The summed E-state index contributed by atoms with van der Waals surface area (Å²) in [5, 5.41) is 0. The highest BCUT2D eigenvalue weighted by Gasteiger charge is 2.33. The van der Waals surface area contributed by atoms with E-state index in [0.29, 0.717) is 0 Å². The first-order valence-corrected chi connectivity index (χ1v) is 3.93. The summed E-state index contributed by atoms with van der Waals surface area (Å²) in [5.41, 5.74) is 0. The monoisotopic (exact) mass is 124 g/mol. The van der Waals surface area contributed by atoms with Gasteiger partial charge in [-0.3, -0.25) is 0 Å². The summed E-state index contributed by atoms with van der Waals surface area (Å²) < 4.78 is 0. The van der Waals surface area contributed by atoms with Crippen molar-refractivity contribution in [3.63, 3.8) is 0 Å². The number of hydrogen-bond donors (Lipinski definition) is 0. The van der Waals surface area contributed by atoms with E-state index in [1.807, 2.05) is 0 Å². The largest absolute Gasteiger partial charge is 0.300 e. The minimum atomic E-state index is 0.837. The Morgan fingerprint density at radius 1 is 1.33 bits per heavy atom. The first-order chi connectivity index (χ1) is 4.38. The molecule has 0 amide bonds. The van der Waals surface area contributed by atoms with Gasteiger partial charge < -0.3 is 4.90 Å². The van der Waals surface area contributed by atoms with Crippen LogP contribution in [0.2, 0.25) is 0 Å². The second-order valence-corrected chi connectivity index (χ2v) is 3.28. The van der Waals surface area contributed by atoms with Crippen LogP contribution in [0.4, 0.5) is 0 Å². The molecule has 0 saturated carbocycles. The average Bonchev–Trinajstić information content (AvgIpc) is 2.19. The number of piperidine rings is 1. The lowest BCUT2D eigenvalue weighted by atomic mass is 10.0. The Morgan fingerprint density at radius 3 is 2.89 bits per heavy atom. The van der Waals surface area contributed by atoms with Crippen LogP contribution in [0.1, 0.15) is 25.7 Å². The SMILES string of the molecule is CN1[C@H]2CC[CH][C@@H]1CC2. The average molecular weight is 124 g/mol. The standard InChI is InChI=1S/C8H14N/c1-9-7-3-2-4-8(9)6-5-7/h3,7-8H,2,4-6H2,1H3/t7-,8+/m1/s1. The Kier molecular flexibility index (Phi) is 1.26. The van der Waals surface area contributed by atoms with E-state index in [1.54, 1.807) is 0 Å². The van der Waals surface area contributed by atoms with Gasteiger partial charge in [0.2, 0.25) is 0 Å². The van der Waals surface area contributed by atoms with Crippen LogP contribution in [0, 0.1) is 6.42 Å². The lowest BCUT2D eigenvalue weighted by Crippen LogP contribution is -2.36. The molecular formula is C8H14N. The molecule has 2 rings (SSSR count). The van der Waals surface area contributed by atoms with Gasteiger partial charge in [0.05, 0.1) is 0 Å². The predicted molar refractivity (Wildman–Crippen MR) is 38.1 cm³/mol. The van der Waals surface area contributed by atoms with Crippen molar-refractivity contribution in [3.8, 4) is 0 Å². The van der Waals surface area contributed by atoms with Crippen molar-refractivity contribution in [2.24, 2.45) is 0 Å². The smallest absolute Gasteiger partial charge is 0.0127 e. The fourth-order valence-corrected chi connectivity index (χ4v) is 2.15. The molecule has 0 aromatic rings. The summed E-state index contributed by atoms with van der Waals surface area (Å²) in [5.74, 6) is 0. The molecule has 0 unspecified atom stereocenters. The van der Waals surface area contributed by atoms with Crippen LogP contribution in [0.15, 0.2) is 0 Å². The molecule has 0 spiro atoms. The van der Waals surface area contributed by atoms with Crippen molar-refractivity contribution < 1.29 is 0 Å². The van der Waals surface area contributed by atoms with E-state index in [2.05, 4.69) is 18.4 Å². The van der Waals surface area contributed by atoms with Gasteiger partial charge in [0.1, 0.15) is 0 Å². The lowest BCUT2D eigenvalue weighted by molar-refractivity contribution is 0.217. The molecule has 2 fully saturated rings. The highest BCUT2D eigenvalue weighted by Crippen LogP contribution is 2.32. The fraction of sp³-hybridized carbons (Fsp3) is 0.875. The maximum Gasteiger partial charge on any atom is 0.0127 e. The van der Waals surface area contributed by atoms with E-state index in [4.69, 9.17) is 0 Å². The van der Waals surface area contributed by atoms with Gasteiger partial charge in [-0.05, 0) is 39.2 Å². The second-order valence-electron chi connectivity index (χ2n) is 3.28. The first-order valence-electron chi connectivity index (χ1n) is 3.93. The van der Waals surface area contributed by atoms with E-state index in [9.17, 15) is 0 Å². The van der Waals surface area contributed by atoms with Gasteiger partial charge in [0.25, 0.3) is 0 Å². The van der Waals surface area contributed by atoms with Crippen LogP contribution in [-0.4, -0.2) is 24.0 Å². The molecule has 2 atom stereocenters. The summed E-state index contributed by atoms with van der Waals surface area (Å²) >= 11 is 0. The Balaban J connectivity index is 2.10. The molecule has 2 bridgehead atoms. The van der Waals surface area contributed by atoms with Gasteiger partial charge >= 0.3 is 0 Å². The van der Waals surface area contributed by atoms with E-state index in [0.717, 1.165) is 12.1 Å². The van der Waals surface area contributed by atoms with Gasteiger partial charge in [-0.1, -0.05) is 0 Å². The zero-order valence-electron chi connectivity index (χ0n) is 6.01. The Morgan fingerprint density at radius 2 is 2.22 bits per heavy atom. The van der Waals surface area contributed by atoms with Crippen molar-refractivity contribution in [2.75, 3.05) is 7.05 Å². The molecule has 0 aromatic heterocycles. The lowest BCUT2D eigenvalue weighted by Gasteiger charge is -2.30. The van der Waals surface area contributed by atoms with E-state index in [-0.39, 0.29) is 0 Å². The Hall–Kier alpha value is -0.0400. The van der Waals surface area contributed by atoms with Gasteiger partial charge in [0.15, 0.2) is 0 Å². The van der Waals surface area contributed by atoms with E-state index in [1.165, 1.54) is 25.7 Å². The molecule has 2 aliphatic heterocycles. The first kappa shape index (κ1) is 5.72. The fourth-order valence-electron chi connectivity index (χ4n) is 2.15. The summed E-state index contributed by atoms with van der Waals surface area (Å²) in [6.07, 6.45) is 8.11. The summed E-state index contributed by atoms with van der Waals surface area (Å²) in [6.45, 7) is 0. The van der Waals surface area contributed by atoms with Crippen molar-refractivity contribution in [3.05, 3.63) is 6.42 Å². The van der Waals surface area contributed by atoms with Crippen molar-refractivity contribution in [2.45, 2.75) is 37.8 Å². The molecule has 1 radical (unpaired) electrons. The molecular weight excluding hydrogens is 110 g/mol. The maximum absolute atomic E-state index is 2.53. The second kappa shape index (κ2) is 1.98. The van der Waals surface area contributed by atoms with Gasteiger partial charge in [-0.15, -0.1) is 0 Å². The third-order valence-corrected chi connectivity index (χ3v) is 2.83. The third-order valence-electron chi connectivity index (χ3n) is 2.83. The summed E-state index contributed by atoms with van der Waals surface area (Å²) in [4.78, 5) is 2.53. The molecule has 0 N–H and O–H groups in total. The van der Waals surface area contributed by atoms with Crippen molar-refractivity contribution in [1.29, 1.82) is 0 Å². The van der Waals surface area contributed by atoms with Gasteiger partial charge in [0, 0.05) is 12.1 Å². The number of fused-ring (bicyclic) bond motifs is 2. The van der Waals surface area contributed by atoms with Gasteiger partial charge in [-0.2, -0.15) is 0 Å². The highest BCUT2D eigenvalue weighted by molar-refractivity contribution is 4.98. The Labute approximate surface area is 57.0 Å². The number of rotatable bonds is 0.